The maximum atomic E-state index is 12.8. The topological polar surface area (TPSA) is 69.7 Å². The lowest BCUT2D eigenvalue weighted by molar-refractivity contribution is -0.119. The molecule has 1 aromatic carbocycles. The van der Waals surface area contributed by atoms with Crippen LogP contribution in [0.4, 0.5) is 5.69 Å². The Balaban J connectivity index is 1.99. The predicted octanol–water partition coefficient (Wildman–Crippen LogP) is 3.10. The Hall–Kier alpha value is -1.25. The van der Waals surface area contributed by atoms with Crippen molar-refractivity contribution >= 4 is 33.6 Å². The van der Waals surface area contributed by atoms with E-state index in [-0.39, 0.29) is 12.5 Å². The van der Waals surface area contributed by atoms with Gasteiger partial charge in [0.25, 0.3) is 0 Å². The molecule has 0 bridgehead atoms. The SMILES string of the molecule is Cc1ccc(C)c(N(CC(=O)NCCSC2CCCCC2)S(=O)(=O)N(C)C)c1. The summed E-state index contributed by atoms with van der Waals surface area (Å²) in [5, 5.41) is 3.58. The Morgan fingerprint density at radius 2 is 1.86 bits per heavy atom. The minimum Gasteiger partial charge on any atom is -0.354 e. The molecule has 0 unspecified atom stereocenters. The van der Waals surface area contributed by atoms with E-state index in [1.807, 2.05) is 43.8 Å². The molecule has 1 aliphatic carbocycles. The second-order valence-electron chi connectivity index (χ2n) is 7.57. The van der Waals surface area contributed by atoms with E-state index >= 15 is 0 Å². The van der Waals surface area contributed by atoms with Crippen molar-refractivity contribution in [3.05, 3.63) is 29.3 Å². The lowest BCUT2D eigenvalue weighted by Crippen LogP contribution is -2.46. The summed E-state index contributed by atoms with van der Waals surface area (Å²) >= 11 is 1.91. The van der Waals surface area contributed by atoms with Gasteiger partial charge >= 0.3 is 10.2 Å². The molecule has 6 nitrogen and oxygen atoms in total. The Bertz CT molecular complexity index is 760. The summed E-state index contributed by atoms with van der Waals surface area (Å²) < 4.78 is 28.0. The van der Waals surface area contributed by atoms with E-state index in [2.05, 4.69) is 5.32 Å². The molecule has 158 valence electrons. The minimum absolute atomic E-state index is 0.223. The number of hydrogen-bond acceptors (Lipinski definition) is 4. The zero-order valence-corrected chi connectivity index (χ0v) is 19.0. The molecule has 1 N–H and O–H groups in total. The fourth-order valence-electron chi connectivity index (χ4n) is 3.31. The molecular weight excluding hydrogens is 394 g/mol. The first-order valence-electron chi connectivity index (χ1n) is 9.87. The third-order valence-electron chi connectivity index (χ3n) is 4.99. The van der Waals surface area contributed by atoms with Crippen LogP contribution in [-0.2, 0) is 15.0 Å². The lowest BCUT2D eigenvalue weighted by Gasteiger charge is -2.28. The van der Waals surface area contributed by atoms with E-state index in [0.29, 0.717) is 17.5 Å². The van der Waals surface area contributed by atoms with Gasteiger partial charge in [-0.15, -0.1) is 0 Å². The molecule has 1 saturated carbocycles. The van der Waals surface area contributed by atoms with Crippen LogP contribution in [0, 0.1) is 13.8 Å². The monoisotopic (exact) mass is 427 g/mol. The zero-order valence-electron chi connectivity index (χ0n) is 17.4. The van der Waals surface area contributed by atoms with Gasteiger partial charge in [0.15, 0.2) is 0 Å². The minimum atomic E-state index is -3.77. The van der Waals surface area contributed by atoms with Crippen molar-refractivity contribution in [3.8, 4) is 0 Å². The van der Waals surface area contributed by atoms with Crippen LogP contribution in [0.15, 0.2) is 18.2 Å². The van der Waals surface area contributed by atoms with Gasteiger partial charge in [-0.3, -0.25) is 4.79 Å². The Morgan fingerprint density at radius 1 is 1.18 bits per heavy atom. The molecule has 0 atom stereocenters. The average Bonchev–Trinajstić information content (AvgIpc) is 2.66. The first kappa shape index (κ1) is 23.0. The van der Waals surface area contributed by atoms with E-state index in [4.69, 9.17) is 0 Å². The van der Waals surface area contributed by atoms with Gasteiger partial charge in [0.2, 0.25) is 5.91 Å². The van der Waals surface area contributed by atoms with Crippen LogP contribution in [0.1, 0.15) is 43.2 Å². The van der Waals surface area contributed by atoms with E-state index in [1.54, 1.807) is 0 Å². The molecule has 1 fully saturated rings. The number of thioether (sulfide) groups is 1. The highest BCUT2D eigenvalue weighted by Crippen LogP contribution is 2.28. The summed E-state index contributed by atoms with van der Waals surface area (Å²) in [6.45, 7) is 4.10. The normalized spacial score (nSPS) is 15.6. The van der Waals surface area contributed by atoms with E-state index < -0.39 is 10.2 Å². The van der Waals surface area contributed by atoms with Crippen LogP contribution in [-0.4, -0.2) is 56.8 Å². The number of anilines is 1. The highest BCUT2D eigenvalue weighted by molar-refractivity contribution is 7.99. The second kappa shape index (κ2) is 10.5. The Labute approximate surface area is 174 Å². The molecule has 1 aliphatic rings. The fourth-order valence-corrected chi connectivity index (χ4v) is 5.65. The third-order valence-corrected chi connectivity index (χ3v) is 8.18. The first-order chi connectivity index (χ1) is 13.2. The highest BCUT2D eigenvalue weighted by Gasteiger charge is 2.28. The number of rotatable bonds is 9. The summed E-state index contributed by atoms with van der Waals surface area (Å²) in [4.78, 5) is 12.5. The van der Waals surface area contributed by atoms with Crippen LogP contribution in [0.25, 0.3) is 0 Å². The number of nitrogens with one attached hydrogen (secondary N) is 1. The lowest BCUT2D eigenvalue weighted by atomic mass is 10.0. The van der Waals surface area contributed by atoms with Crippen molar-refractivity contribution in [2.75, 3.05) is 37.2 Å². The van der Waals surface area contributed by atoms with Crippen molar-refractivity contribution in [2.24, 2.45) is 0 Å². The number of hydrogen-bond donors (Lipinski definition) is 1. The summed E-state index contributed by atoms with van der Waals surface area (Å²) in [5.41, 5.74) is 2.31. The van der Waals surface area contributed by atoms with Crippen molar-refractivity contribution in [1.29, 1.82) is 0 Å². The molecule has 8 heteroatoms. The average molecular weight is 428 g/mol. The van der Waals surface area contributed by atoms with Crippen molar-refractivity contribution in [3.63, 3.8) is 0 Å². The van der Waals surface area contributed by atoms with Crippen molar-refractivity contribution in [1.82, 2.24) is 9.62 Å². The molecule has 1 aromatic rings. The van der Waals surface area contributed by atoms with Gasteiger partial charge in [-0.25, -0.2) is 4.31 Å². The highest BCUT2D eigenvalue weighted by atomic mass is 32.2. The van der Waals surface area contributed by atoms with E-state index in [0.717, 1.165) is 21.2 Å². The van der Waals surface area contributed by atoms with Crippen LogP contribution in [0.5, 0.6) is 0 Å². The third kappa shape index (κ3) is 6.39. The molecule has 28 heavy (non-hydrogen) atoms. The predicted molar refractivity (Wildman–Crippen MR) is 118 cm³/mol. The van der Waals surface area contributed by atoms with Crippen LogP contribution >= 0.6 is 11.8 Å². The van der Waals surface area contributed by atoms with E-state index in [9.17, 15) is 13.2 Å². The Morgan fingerprint density at radius 3 is 2.50 bits per heavy atom. The smallest absolute Gasteiger partial charge is 0.304 e. The van der Waals surface area contributed by atoms with Gasteiger partial charge in [0.05, 0.1) is 5.69 Å². The largest absolute Gasteiger partial charge is 0.354 e. The molecule has 1 amide bonds. The molecule has 0 aromatic heterocycles. The van der Waals surface area contributed by atoms with Gasteiger partial charge in [-0.05, 0) is 43.9 Å². The molecule has 0 radical (unpaired) electrons. The molecular formula is C20H33N3O3S2. The number of carbonyl (C=O) groups is 1. The van der Waals surface area contributed by atoms with Gasteiger partial charge in [-0.2, -0.15) is 24.5 Å². The van der Waals surface area contributed by atoms with Gasteiger partial charge in [-0.1, -0.05) is 31.4 Å². The number of carbonyl (C=O) groups excluding carboxylic acids is 1. The number of nitrogens with zero attached hydrogens (tertiary/aromatic N) is 2. The standard InChI is InChI=1S/C20H33N3O3S2/c1-16-10-11-17(2)19(14-16)23(28(25,26)22(3)4)15-20(24)21-12-13-27-18-8-6-5-7-9-18/h10-11,14,18H,5-9,12-13,15H2,1-4H3,(H,21,24). The first-order valence-corrected chi connectivity index (χ1v) is 12.3. The van der Waals surface area contributed by atoms with Gasteiger partial charge in [0.1, 0.15) is 6.54 Å². The fraction of sp³-hybridized carbons (Fsp3) is 0.650. The summed E-state index contributed by atoms with van der Waals surface area (Å²) in [5.74, 6) is 0.580. The molecule has 0 spiro atoms. The van der Waals surface area contributed by atoms with Crippen LogP contribution < -0.4 is 9.62 Å². The molecule has 0 saturated heterocycles. The molecule has 0 heterocycles. The molecule has 2 rings (SSSR count). The van der Waals surface area contributed by atoms with E-state index in [1.165, 1.54) is 50.5 Å². The van der Waals surface area contributed by atoms with Crippen LogP contribution in [0.3, 0.4) is 0 Å². The summed E-state index contributed by atoms with van der Waals surface area (Å²) in [7, 11) is -0.817. The number of aryl methyl sites for hydroxylation is 2. The van der Waals surface area contributed by atoms with Gasteiger partial charge < -0.3 is 5.32 Å². The van der Waals surface area contributed by atoms with Crippen molar-refractivity contribution in [2.45, 2.75) is 51.2 Å². The Kier molecular flexibility index (Phi) is 8.64. The zero-order chi connectivity index (χ0) is 20.7. The summed E-state index contributed by atoms with van der Waals surface area (Å²) in [6, 6.07) is 5.62. The number of benzene rings is 1. The van der Waals surface area contributed by atoms with Crippen molar-refractivity contribution < 1.29 is 13.2 Å². The second-order valence-corrected chi connectivity index (χ2v) is 11.0. The maximum Gasteiger partial charge on any atom is 0.304 e. The molecule has 0 aliphatic heterocycles. The quantitative estimate of drug-likeness (QED) is 0.615. The maximum absolute atomic E-state index is 12.8. The van der Waals surface area contributed by atoms with Gasteiger partial charge in [0, 0.05) is 31.6 Å². The van der Waals surface area contributed by atoms with Crippen LogP contribution in [0.2, 0.25) is 0 Å². The number of amides is 1. The summed E-state index contributed by atoms with van der Waals surface area (Å²) in [6.07, 6.45) is 6.47.